The van der Waals surface area contributed by atoms with Gasteiger partial charge in [-0.3, -0.25) is 19.1 Å². The lowest BCUT2D eigenvalue weighted by Crippen LogP contribution is -2.28. The fraction of sp³-hybridized carbons (Fsp3) is 0.0741. The number of nitrogens with zero attached hydrogens (tertiary/aromatic N) is 5. The molecule has 0 unspecified atom stereocenters. The summed E-state index contributed by atoms with van der Waals surface area (Å²) in [6.45, 7) is 0. The van der Waals surface area contributed by atoms with Crippen LogP contribution in [-0.2, 0) is 6.42 Å². The first-order chi connectivity index (χ1) is 17.4. The van der Waals surface area contributed by atoms with Crippen LogP contribution >= 0.6 is 23.2 Å². The number of aromatic nitrogens is 4. The highest BCUT2D eigenvalue weighted by molar-refractivity contribution is 6.35. The van der Waals surface area contributed by atoms with Crippen molar-refractivity contribution in [2.45, 2.75) is 6.42 Å². The van der Waals surface area contributed by atoms with Crippen LogP contribution in [-0.4, -0.2) is 32.5 Å². The molecule has 1 amide bonds. The van der Waals surface area contributed by atoms with E-state index in [1.807, 2.05) is 12.1 Å². The van der Waals surface area contributed by atoms with E-state index in [4.69, 9.17) is 23.2 Å². The molecule has 0 atom stereocenters. The number of amides is 1. The SMILES string of the molecule is CN(C(=O)c1cccc(-n2c(=O)c(Cc3cccnc3)nc3cccnc32)c1)c1cc(Cl)cc(Cl)c1. The Balaban J connectivity index is 1.60. The average molecular weight is 516 g/mol. The quantitative estimate of drug-likeness (QED) is 0.315. The molecule has 5 rings (SSSR count). The Morgan fingerprint density at radius 3 is 2.50 bits per heavy atom. The summed E-state index contributed by atoms with van der Waals surface area (Å²) in [6, 6.07) is 19.0. The number of fused-ring (bicyclic) bond motifs is 1. The number of halogens is 2. The summed E-state index contributed by atoms with van der Waals surface area (Å²) in [6.07, 6.45) is 5.30. The topological polar surface area (TPSA) is 81.0 Å². The predicted molar refractivity (Wildman–Crippen MR) is 141 cm³/mol. The summed E-state index contributed by atoms with van der Waals surface area (Å²) in [5.74, 6) is -0.287. The maximum absolute atomic E-state index is 13.6. The van der Waals surface area contributed by atoms with E-state index in [-0.39, 0.29) is 11.5 Å². The van der Waals surface area contributed by atoms with Gasteiger partial charge in [0.25, 0.3) is 11.5 Å². The molecule has 0 N–H and O–H groups in total. The highest BCUT2D eigenvalue weighted by Crippen LogP contribution is 2.26. The van der Waals surface area contributed by atoms with Crippen LogP contribution in [0.25, 0.3) is 16.9 Å². The largest absolute Gasteiger partial charge is 0.311 e. The molecule has 3 aromatic heterocycles. The van der Waals surface area contributed by atoms with Crippen LogP contribution in [0.2, 0.25) is 10.0 Å². The molecule has 0 spiro atoms. The van der Waals surface area contributed by atoms with Crippen LogP contribution in [0.5, 0.6) is 0 Å². The third-order valence-corrected chi connectivity index (χ3v) is 6.10. The minimum Gasteiger partial charge on any atom is -0.311 e. The van der Waals surface area contributed by atoms with E-state index in [0.29, 0.717) is 50.3 Å². The van der Waals surface area contributed by atoms with Crippen LogP contribution in [0.1, 0.15) is 21.6 Å². The van der Waals surface area contributed by atoms with Crippen molar-refractivity contribution in [3.8, 4) is 5.69 Å². The van der Waals surface area contributed by atoms with E-state index in [9.17, 15) is 9.59 Å². The Bertz CT molecular complexity index is 1630. The minimum absolute atomic E-state index is 0.287. The Labute approximate surface area is 216 Å². The summed E-state index contributed by atoms with van der Waals surface area (Å²) < 4.78 is 1.49. The van der Waals surface area contributed by atoms with Crippen LogP contribution < -0.4 is 10.5 Å². The van der Waals surface area contributed by atoms with E-state index >= 15 is 0 Å². The second-order valence-corrected chi connectivity index (χ2v) is 9.00. The molecule has 0 fully saturated rings. The van der Waals surface area contributed by atoms with Gasteiger partial charge in [0.05, 0.1) is 5.69 Å². The number of hydrogen-bond acceptors (Lipinski definition) is 5. The second kappa shape index (κ2) is 9.89. The number of benzene rings is 2. The minimum atomic E-state index is -0.315. The molecule has 9 heteroatoms. The third kappa shape index (κ3) is 4.71. The molecule has 0 aliphatic carbocycles. The molecule has 0 bridgehead atoms. The Morgan fingerprint density at radius 2 is 1.75 bits per heavy atom. The molecular weight excluding hydrogens is 497 g/mol. The second-order valence-electron chi connectivity index (χ2n) is 8.13. The lowest BCUT2D eigenvalue weighted by molar-refractivity contribution is 0.0993. The van der Waals surface area contributed by atoms with Gasteiger partial charge in [0.2, 0.25) is 0 Å². The summed E-state index contributed by atoms with van der Waals surface area (Å²) in [5.41, 5.74) is 3.30. The summed E-state index contributed by atoms with van der Waals surface area (Å²) in [5, 5.41) is 0.848. The van der Waals surface area contributed by atoms with Crippen molar-refractivity contribution in [3.05, 3.63) is 123 Å². The van der Waals surface area contributed by atoms with Crippen molar-refractivity contribution in [1.82, 2.24) is 19.5 Å². The van der Waals surface area contributed by atoms with E-state index in [2.05, 4.69) is 15.0 Å². The van der Waals surface area contributed by atoms with Gasteiger partial charge in [-0.05, 0) is 60.2 Å². The lowest BCUT2D eigenvalue weighted by atomic mass is 10.1. The number of anilines is 1. The highest BCUT2D eigenvalue weighted by atomic mass is 35.5. The van der Waals surface area contributed by atoms with Crippen molar-refractivity contribution in [3.63, 3.8) is 0 Å². The van der Waals surface area contributed by atoms with Crippen LogP contribution in [0.15, 0.2) is 90.1 Å². The molecule has 178 valence electrons. The molecule has 0 radical (unpaired) electrons. The Hall–Kier alpha value is -4.07. The maximum atomic E-state index is 13.6. The van der Waals surface area contributed by atoms with Gasteiger partial charge in [0, 0.05) is 53.4 Å². The van der Waals surface area contributed by atoms with Crippen LogP contribution in [0.4, 0.5) is 5.69 Å². The first-order valence-corrected chi connectivity index (χ1v) is 11.8. The third-order valence-electron chi connectivity index (χ3n) is 5.67. The van der Waals surface area contributed by atoms with Gasteiger partial charge in [-0.25, -0.2) is 9.97 Å². The molecule has 0 saturated heterocycles. The molecule has 7 nitrogen and oxygen atoms in total. The zero-order chi connectivity index (χ0) is 25.2. The Kier molecular flexibility index (Phi) is 6.50. The summed E-state index contributed by atoms with van der Waals surface area (Å²) in [4.78, 5) is 41.5. The van der Waals surface area contributed by atoms with Crippen molar-refractivity contribution in [2.75, 3.05) is 11.9 Å². The smallest absolute Gasteiger partial charge is 0.278 e. The molecule has 2 aromatic carbocycles. The van der Waals surface area contributed by atoms with Crippen molar-refractivity contribution < 1.29 is 4.79 Å². The van der Waals surface area contributed by atoms with E-state index in [0.717, 1.165) is 5.56 Å². The standard InChI is InChI=1S/C27H19Cl2N5O2/c1-33(22-14-19(28)13-20(29)15-22)26(35)18-6-2-7-21(12-18)34-25-23(8-4-10-31-25)32-24(27(34)36)11-17-5-3-9-30-16-17/h2-10,12-16H,11H2,1H3. The number of hydrogen-bond donors (Lipinski definition) is 0. The van der Waals surface area contributed by atoms with Crippen LogP contribution in [0.3, 0.4) is 0 Å². The number of pyridine rings is 2. The van der Waals surface area contributed by atoms with Crippen molar-refractivity contribution >= 4 is 46.0 Å². The van der Waals surface area contributed by atoms with Gasteiger partial charge in [0.15, 0.2) is 5.65 Å². The zero-order valence-electron chi connectivity index (χ0n) is 19.1. The van der Waals surface area contributed by atoms with Gasteiger partial charge >= 0.3 is 0 Å². The van der Waals surface area contributed by atoms with Gasteiger partial charge in [-0.15, -0.1) is 0 Å². The molecule has 0 aliphatic heterocycles. The van der Waals surface area contributed by atoms with Crippen molar-refractivity contribution in [1.29, 1.82) is 0 Å². The first-order valence-electron chi connectivity index (χ1n) is 11.0. The molecule has 0 aliphatic rings. The van der Waals surface area contributed by atoms with E-state index in [1.165, 1.54) is 9.47 Å². The average Bonchev–Trinajstić information content (AvgIpc) is 2.88. The molecule has 36 heavy (non-hydrogen) atoms. The van der Waals surface area contributed by atoms with Gasteiger partial charge < -0.3 is 4.90 Å². The van der Waals surface area contributed by atoms with E-state index < -0.39 is 0 Å². The zero-order valence-corrected chi connectivity index (χ0v) is 20.6. The summed E-state index contributed by atoms with van der Waals surface area (Å²) >= 11 is 12.2. The number of carbonyl (C=O) groups excluding carboxylic acids is 1. The van der Waals surface area contributed by atoms with E-state index in [1.54, 1.807) is 80.2 Å². The normalized spacial score (nSPS) is 11.0. The fourth-order valence-corrected chi connectivity index (χ4v) is 4.45. The molecule has 5 aromatic rings. The van der Waals surface area contributed by atoms with Crippen LogP contribution in [0, 0.1) is 0 Å². The van der Waals surface area contributed by atoms with Crippen molar-refractivity contribution in [2.24, 2.45) is 0 Å². The monoisotopic (exact) mass is 515 g/mol. The molecule has 3 heterocycles. The van der Waals surface area contributed by atoms with Gasteiger partial charge in [-0.1, -0.05) is 35.3 Å². The van der Waals surface area contributed by atoms with Gasteiger partial charge in [-0.2, -0.15) is 0 Å². The molecular formula is C27H19Cl2N5O2. The molecule has 0 saturated carbocycles. The lowest BCUT2D eigenvalue weighted by Gasteiger charge is -2.19. The number of rotatable bonds is 5. The van der Waals surface area contributed by atoms with Gasteiger partial charge in [0.1, 0.15) is 11.2 Å². The first kappa shape index (κ1) is 23.7. The number of carbonyl (C=O) groups is 1. The highest BCUT2D eigenvalue weighted by Gasteiger charge is 2.18. The summed E-state index contributed by atoms with van der Waals surface area (Å²) in [7, 11) is 1.64. The fourth-order valence-electron chi connectivity index (χ4n) is 3.94. The maximum Gasteiger partial charge on any atom is 0.278 e. The Morgan fingerprint density at radius 1 is 0.972 bits per heavy atom. The predicted octanol–water partition coefficient (Wildman–Crippen LogP) is 5.35.